The van der Waals surface area contributed by atoms with Crippen molar-refractivity contribution in [2.45, 2.75) is 45.6 Å². The average Bonchev–Trinajstić information content (AvgIpc) is 2.42. The minimum absolute atomic E-state index is 0.134. The highest BCUT2D eigenvalue weighted by Crippen LogP contribution is 2.38. The average molecular weight is 219 g/mol. The Labute approximate surface area is 97.8 Å². The van der Waals surface area contributed by atoms with Crippen LogP contribution in [0, 0.1) is 6.92 Å². The topological polar surface area (TPSA) is 35.2 Å². The second kappa shape index (κ2) is 4.46. The SMILES string of the molecule is Cc1ccc(C(C)C)c2c1OCCC[C@@H]2N. The van der Waals surface area contributed by atoms with E-state index in [1.807, 2.05) is 0 Å². The molecule has 1 aliphatic rings. The summed E-state index contributed by atoms with van der Waals surface area (Å²) >= 11 is 0. The predicted octanol–water partition coefficient (Wildman–Crippen LogP) is 3.29. The van der Waals surface area contributed by atoms with Gasteiger partial charge in [0.2, 0.25) is 0 Å². The molecule has 0 unspecified atom stereocenters. The highest BCUT2D eigenvalue weighted by atomic mass is 16.5. The number of hydrogen-bond acceptors (Lipinski definition) is 2. The van der Waals surface area contributed by atoms with Crippen LogP contribution < -0.4 is 10.5 Å². The number of fused-ring (bicyclic) bond motifs is 1. The fourth-order valence-corrected chi connectivity index (χ4v) is 2.42. The molecule has 0 saturated heterocycles. The Morgan fingerprint density at radius 1 is 1.38 bits per heavy atom. The van der Waals surface area contributed by atoms with E-state index in [0.717, 1.165) is 25.2 Å². The largest absolute Gasteiger partial charge is 0.493 e. The number of hydrogen-bond donors (Lipinski definition) is 1. The van der Waals surface area contributed by atoms with Crippen LogP contribution in [0.5, 0.6) is 5.75 Å². The monoisotopic (exact) mass is 219 g/mol. The molecule has 16 heavy (non-hydrogen) atoms. The maximum atomic E-state index is 6.27. The lowest BCUT2D eigenvalue weighted by molar-refractivity contribution is 0.314. The molecular formula is C14H21NO. The van der Waals surface area contributed by atoms with Crippen molar-refractivity contribution in [3.05, 3.63) is 28.8 Å². The molecule has 0 aromatic heterocycles. The summed E-state index contributed by atoms with van der Waals surface area (Å²) in [4.78, 5) is 0. The minimum atomic E-state index is 0.134. The van der Waals surface area contributed by atoms with Gasteiger partial charge in [0, 0.05) is 11.6 Å². The highest BCUT2D eigenvalue weighted by molar-refractivity contribution is 5.49. The van der Waals surface area contributed by atoms with Crippen LogP contribution in [0.1, 0.15) is 55.3 Å². The molecule has 0 radical (unpaired) electrons. The van der Waals surface area contributed by atoms with Gasteiger partial charge in [-0.1, -0.05) is 26.0 Å². The van der Waals surface area contributed by atoms with Gasteiger partial charge in [0.15, 0.2) is 0 Å². The molecule has 1 aromatic rings. The molecule has 0 amide bonds. The van der Waals surface area contributed by atoms with Gasteiger partial charge in [-0.2, -0.15) is 0 Å². The van der Waals surface area contributed by atoms with Gasteiger partial charge in [-0.25, -0.2) is 0 Å². The Hall–Kier alpha value is -1.02. The Balaban J connectivity index is 2.59. The zero-order chi connectivity index (χ0) is 11.7. The number of rotatable bonds is 1. The zero-order valence-electron chi connectivity index (χ0n) is 10.4. The molecule has 1 atom stereocenters. The molecule has 0 saturated carbocycles. The van der Waals surface area contributed by atoms with Crippen LogP contribution in [0.3, 0.4) is 0 Å². The van der Waals surface area contributed by atoms with Crippen molar-refractivity contribution < 1.29 is 4.74 Å². The van der Waals surface area contributed by atoms with Gasteiger partial charge in [-0.3, -0.25) is 0 Å². The molecule has 1 heterocycles. The number of benzene rings is 1. The van der Waals surface area contributed by atoms with Crippen LogP contribution in [-0.2, 0) is 0 Å². The van der Waals surface area contributed by atoms with Gasteiger partial charge in [-0.05, 0) is 36.8 Å². The lowest BCUT2D eigenvalue weighted by Crippen LogP contribution is -2.13. The third-order valence-electron chi connectivity index (χ3n) is 3.33. The van der Waals surface area contributed by atoms with Crippen LogP contribution in [0.15, 0.2) is 12.1 Å². The van der Waals surface area contributed by atoms with E-state index in [9.17, 15) is 0 Å². The van der Waals surface area contributed by atoms with Crippen molar-refractivity contribution in [1.29, 1.82) is 0 Å². The quantitative estimate of drug-likeness (QED) is 0.786. The number of ether oxygens (including phenoxy) is 1. The molecule has 0 spiro atoms. The summed E-state index contributed by atoms with van der Waals surface area (Å²) in [6, 6.07) is 4.48. The second-order valence-corrected chi connectivity index (χ2v) is 4.97. The van der Waals surface area contributed by atoms with Crippen molar-refractivity contribution in [1.82, 2.24) is 0 Å². The van der Waals surface area contributed by atoms with Gasteiger partial charge >= 0.3 is 0 Å². The van der Waals surface area contributed by atoms with E-state index in [2.05, 4.69) is 32.9 Å². The van der Waals surface area contributed by atoms with Gasteiger partial charge in [-0.15, -0.1) is 0 Å². The molecule has 2 N–H and O–H groups in total. The molecule has 0 bridgehead atoms. The van der Waals surface area contributed by atoms with E-state index in [4.69, 9.17) is 10.5 Å². The van der Waals surface area contributed by atoms with E-state index in [0.29, 0.717) is 5.92 Å². The second-order valence-electron chi connectivity index (χ2n) is 4.97. The lowest BCUT2D eigenvalue weighted by atomic mass is 9.89. The van der Waals surface area contributed by atoms with Crippen molar-refractivity contribution in [2.75, 3.05) is 6.61 Å². The summed E-state index contributed by atoms with van der Waals surface area (Å²) in [6.45, 7) is 7.31. The maximum Gasteiger partial charge on any atom is 0.127 e. The number of nitrogens with two attached hydrogens (primary N) is 1. The first-order valence-electron chi connectivity index (χ1n) is 6.13. The molecule has 2 nitrogen and oxygen atoms in total. The molecule has 1 aliphatic heterocycles. The van der Waals surface area contributed by atoms with E-state index < -0.39 is 0 Å². The third-order valence-corrected chi connectivity index (χ3v) is 3.33. The Bertz CT molecular complexity index is 385. The predicted molar refractivity (Wildman–Crippen MR) is 66.9 cm³/mol. The first-order valence-corrected chi connectivity index (χ1v) is 6.13. The summed E-state index contributed by atoms with van der Waals surface area (Å²) < 4.78 is 5.86. The Kier molecular flexibility index (Phi) is 3.20. The van der Waals surface area contributed by atoms with Crippen LogP contribution in [0.2, 0.25) is 0 Å². The lowest BCUT2D eigenvalue weighted by Gasteiger charge is -2.20. The van der Waals surface area contributed by atoms with E-state index in [-0.39, 0.29) is 6.04 Å². The Morgan fingerprint density at radius 3 is 2.81 bits per heavy atom. The standard InChI is InChI=1S/C14H21NO/c1-9(2)11-7-6-10(3)14-13(11)12(15)5-4-8-16-14/h6-7,9,12H,4-5,8,15H2,1-3H3/t12-/m0/s1. The summed E-state index contributed by atoms with van der Waals surface area (Å²) in [7, 11) is 0. The third kappa shape index (κ3) is 1.94. The van der Waals surface area contributed by atoms with Crippen molar-refractivity contribution in [2.24, 2.45) is 5.73 Å². The fraction of sp³-hybridized carbons (Fsp3) is 0.571. The fourth-order valence-electron chi connectivity index (χ4n) is 2.42. The Morgan fingerprint density at radius 2 is 2.12 bits per heavy atom. The van der Waals surface area contributed by atoms with Gasteiger partial charge < -0.3 is 10.5 Å². The summed E-state index contributed by atoms with van der Waals surface area (Å²) in [6.07, 6.45) is 2.07. The van der Waals surface area contributed by atoms with Gasteiger partial charge in [0.25, 0.3) is 0 Å². The van der Waals surface area contributed by atoms with E-state index in [1.165, 1.54) is 16.7 Å². The van der Waals surface area contributed by atoms with E-state index in [1.54, 1.807) is 0 Å². The zero-order valence-corrected chi connectivity index (χ0v) is 10.4. The maximum absolute atomic E-state index is 6.27. The van der Waals surface area contributed by atoms with Crippen LogP contribution in [0.25, 0.3) is 0 Å². The highest BCUT2D eigenvalue weighted by Gasteiger charge is 2.22. The van der Waals surface area contributed by atoms with Gasteiger partial charge in [0.05, 0.1) is 6.61 Å². The summed E-state index contributed by atoms with van der Waals surface area (Å²) in [5.41, 5.74) is 10.1. The van der Waals surface area contributed by atoms with Crippen LogP contribution in [-0.4, -0.2) is 6.61 Å². The van der Waals surface area contributed by atoms with Crippen molar-refractivity contribution in [3.63, 3.8) is 0 Å². The first kappa shape index (κ1) is 11.5. The van der Waals surface area contributed by atoms with Crippen LogP contribution in [0.4, 0.5) is 0 Å². The van der Waals surface area contributed by atoms with Crippen molar-refractivity contribution >= 4 is 0 Å². The molecule has 1 aromatic carbocycles. The first-order chi connectivity index (χ1) is 7.61. The molecule has 0 aliphatic carbocycles. The van der Waals surface area contributed by atoms with Crippen LogP contribution >= 0.6 is 0 Å². The normalized spacial score (nSPS) is 20.2. The van der Waals surface area contributed by atoms with E-state index >= 15 is 0 Å². The molecule has 0 fully saturated rings. The molecule has 2 rings (SSSR count). The summed E-state index contributed by atoms with van der Waals surface area (Å²) in [5.74, 6) is 1.54. The number of aryl methyl sites for hydroxylation is 1. The molecular weight excluding hydrogens is 198 g/mol. The smallest absolute Gasteiger partial charge is 0.127 e. The van der Waals surface area contributed by atoms with Gasteiger partial charge in [0.1, 0.15) is 5.75 Å². The molecule has 2 heteroatoms. The van der Waals surface area contributed by atoms with Crippen molar-refractivity contribution in [3.8, 4) is 5.75 Å². The minimum Gasteiger partial charge on any atom is -0.493 e. The molecule has 88 valence electrons. The summed E-state index contributed by atoms with van der Waals surface area (Å²) in [5, 5.41) is 0.